The van der Waals surface area contributed by atoms with E-state index in [2.05, 4.69) is 16.8 Å². The van der Waals surface area contributed by atoms with Gasteiger partial charge in [-0.2, -0.15) is 0 Å². The normalized spacial score (nSPS) is 11.9. The molecule has 9 heteroatoms. The van der Waals surface area contributed by atoms with Gasteiger partial charge in [0.25, 0.3) is 5.91 Å². The number of carbonyl (C=O) groups is 3. The molecule has 4 N–H and O–H groups in total. The molecule has 0 spiro atoms. The van der Waals surface area contributed by atoms with Gasteiger partial charge in [-0.1, -0.05) is 19.1 Å². The second kappa shape index (κ2) is 10.3. The second-order valence-corrected chi connectivity index (χ2v) is 8.14. The number of carbonyl (C=O) groups excluding carboxylic acids is 2. The molecule has 0 bridgehead atoms. The fraction of sp³-hybridized carbons (Fsp3) is 0.333. The molecule has 1 atom stereocenters. The van der Waals surface area contributed by atoms with Crippen LogP contribution in [0.4, 0.5) is 0 Å². The van der Waals surface area contributed by atoms with Gasteiger partial charge in [-0.05, 0) is 55.7 Å². The van der Waals surface area contributed by atoms with Gasteiger partial charge in [0.15, 0.2) is 0 Å². The average Bonchev–Trinajstić information content (AvgIpc) is 3.11. The lowest BCUT2D eigenvalue weighted by molar-refractivity contribution is -0.129. The lowest BCUT2D eigenvalue weighted by atomic mass is 10.1. The number of aromatic carboxylic acids is 1. The van der Waals surface area contributed by atoms with Crippen molar-refractivity contribution in [1.82, 2.24) is 20.3 Å². The number of carboxylic acids is 1. The molecule has 1 heterocycles. The first-order valence-electron chi connectivity index (χ1n) is 10.8. The first kappa shape index (κ1) is 23.9. The summed E-state index contributed by atoms with van der Waals surface area (Å²) >= 11 is 0. The maximum absolute atomic E-state index is 12.7. The molecule has 174 valence electrons. The van der Waals surface area contributed by atoms with E-state index >= 15 is 0 Å². The Balaban J connectivity index is 1.93. The van der Waals surface area contributed by atoms with Crippen molar-refractivity contribution < 1.29 is 24.7 Å². The molecule has 9 nitrogen and oxygen atoms in total. The van der Waals surface area contributed by atoms with Crippen LogP contribution in [0.25, 0.3) is 11.0 Å². The average molecular weight is 453 g/mol. The van der Waals surface area contributed by atoms with Gasteiger partial charge in [0, 0.05) is 31.0 Å². The van der Waals surface area contributed by atoms with E-state index < -0.39 is 17.9 Å². The van der Waals surface area contributed by atoms with Crippen molar-refractivity contribution in [3.63, 3.8) is 0 Å². The van der Waals surface area contributed by atoms with E-state index in [-0.39, 0.29) is 17.9 Å². The van der Waals surface area contributed by atoms with Gasteiger partial charge in [0.1, 0.15) is 5.82 Å². The molecule has 0 saturated heterocycles. The fourth-order valence-electron chi connectivity index (χ4n) is 3.86. The summed E-state index contributed by atoms with van der Waals surface area (Å²) in [5.41, 5.74) is 5.69. The van der Waals surface area contributed by atoms with Crippen LogP contribution in [0.15, 0.2) is 36.4 Å². The van der Waals surface area contributed by atoms with E-state index in [0.717, 1.165) is 35.3 Å². The van der Waals surface area contributed by atoms with Gasteiger partial charge >= 0.3 is 5.97 Å². The molecule has 0 fully saturated rings. The predicted octanol–water partition coefficient (Wildman–Crippen LogP) is 3.06. The molecule has 33 heavy (non-hydrogen) atoms. The van der Waals surface area contributed by atoms with Crippen molar-refractivity contribution >= 4 is 28.8 Å². The van der Waals surface area contributed by atoms with Crippen LogP contribution in [0.3, 0.4) is 0 Å². The van der Waals surface area contributed by atoms with Gasteiger partial charge < -0.3 is 15.0 Å². The van der Waals surface area contributed by atoms with E-state index in [1.165, 1.54) is 0 Å². The fourth-order valence-corrected chi connectivity index (χ4v) is 3.86. The molecule has 3 aromatic rings. The van der Waals surface area contributed by atoms with Crippen LogP contribution in [-0.4, -0.2) is 43.7 Å². The maximum atomic E-state index is 12.7. The number of aromatic nitrogens is 2. The molecular weight excluding hydrogens is 424 g/mol. The molecular formula is C24H28N4O5. The third-order valence-electron chi connectivity index (χ3n) is 5.38. The van der Waals surface area contributed by atoms with Gasteiger partial charge in [0.2, 0.25) is 5.91 Å². The van der Waals surface area contributed by atoms with Gasteiger partial charge in [-0.15, -0.1) is 0 Å². The number of imidazole rings is 1. The Morgan fingerprint density at radius 1 is 1.12 bits per heavy atom. The monoisotopic (exact) mass is 452 g/mol. The van der Waals surface area contributed by atoms with Crippen LogP contribution in [0, 0.1) is 6.92 Å². The molecule has 2 aromatic carbocycles. The standard InChI is InChI=1S/C24H28N4O5/c1-4-5-20-26-19-12-18(23(30)25-15(3)11-21(29)27-33)10-14(2)22(19)28(20)13-16-6-8-17(9-7-16)24(31)32/h6-10,12,15,33H,4-5,11,13H2,1-3H3,(H,25,30)(H,27,29)(H,31,32)/t15-/m1/s1. The molecule has 0 aliphatic carbocycles. The number of nitrogens with one attached hydrogen (secondary N) is 2. The summed E-state index contributed by atoms with van der Waals surface area (Å²) in [7, 11) is 0. The highest BCUT2D eigenvalue weighted by Crippen LogP contribution is 2.25. The van der Waals surface area contributed by atoms with Gasteiger partial charge in [0.05, 0.1) is 16.6 Å². The number of fused-ring (bicyclic) bond motifs is 1. The lowest BCUT2D eigenvalue weighted by Crippen LogP contribution is -2.36. The third-order valence-corrected chi connectivity index (χ3v) is 5.38. The molecule has 0 saturated carbocycles. The number of aryl methyl sites for hydroxylation is 2. The topological polar surface area (TPSA) is 134 Å². The minimum absolute atomic E-state index is 0.0423. The summed E-state index contributed by atoms with van der Waals surface area (Å²) in [6.45, 7) is 6.21. The molecule has 0 unspecified atom stereocenters. The molecule has 1 aromatic heterocycles. The first-order chi connectivity index (χ1) is 15.7. The summed E-state index contributed by atoms with van der Waals surface area (Å²) < 4.78 is 2.11. The summed E-state index contributed by atoms with van der Waals surface area (Å²) in [6.07, 6.45) is 1.62. The number of hydrogen-bond acceptors (Lipinski definition) is 5. The molecule has 3 rings (SSSR count). The Bertz CT molecular complexity index is 1180. The Morgan fingerprint density at radius 3 is 2.42 bits per heavy atom. The van der Waals surface area contributed by atoms with Crippen LogP contribution in [0.2, 0.25) is 0 Å². The Labute approximate surface area is 191 Å². The summed E-state index contributed by atoms with van der Waals surface area (Å²) in [4.78, 5) is 40.0. The van der Waals surface area contributed by atoms with Crippen LogP contribution in [-0.2, 0) is 17.8 Å². The largest absolute Gasteiger partial charge is 0.478 e. The highest BCUT2D eigenvalue weighted by atomic mass is 16.5. The van der Waals surface area contributed by atoms with E-state index in [9.17, 15) is 14.4 Å². The maximum Gasteiger partial charge on any atom is 0.335 e. The molecule has 0 radical (unpaired) electrons. The van der Waals surface area contributed by atoms with Crippen LogP contribution in [0.1, 0.15) is 64.4 Å². The summed E-state index contributed by atoms with van der Waals surface area (Å²) in [6, 6.07) is 9.84. The first-order valence-corrected chi connectivity index (χ1v) is 10.8. The Morgan fingerprint density at radius 2 is 1.82 bits per heavy atom. The second-order valence-electron chi connectivity index (χ2n) is 8.14. The van der Waals surface area contributed by atoms with Crippen LogP contribution in [0.5, 0.6) is 0 Å². The third kappa shape index (κ3) is 5.56. The van der Waals surface area contributed by atoms with Crippen molar-refractivity contribution in [1.29, 1.82) is 0 Å². The number of nitrogens with zero attached hydrogens (tertiary/aromatic N) is 2. The van der Waals surface area contributed by atoms with Crippen LogP contribution < -0.4 is 10.8 Å². The van der Waals surface area contributed by atoms with Crippen molar-refractivity contribution in [2.24, 2.45) is 0 Å². The molecule has 0 aliphatic heterocycles. The predicted molar refractivity (Wildman–Crippen MR) is 122 cm³/mol. The number of benzene rings is 2. The zero-order valence-electron chi connectivity index (χ0n) is 18.9. The smallest absolute Gasteiger partial charge is 0.335 e. The minimum Gasteiger partial charge on any atom is -0.478 e. The Kier molecular flexibility index (Phi) is 7.44. The minimum atomic E-state index is -0.964. The van der Waals surface area contributed by atoms with E-state index in [1.54, 1.807) is 48.8 Å². The van der Waals surface area contributed by atoms with Gasteiger partial charge in [-0.25, -0.2) is 15.3 Å². The zero-order chi connectivity index (χ0) is 24.1. The van der Waals surface area contributed by atoms with Crippen molar-refractivity contribution in [3.05, 3.63) is 64.5 Å². The zero-order valence-corrected chi connectivity index (χ0v) is 18.9. The SMILES string of the molecule is CCCc1nc2cc(C(=O)N[C@H](C)CC(=O)NO)cc(C)c2n1Cc1ccc(C(=O)O)cc1. The number of hydroxylamine groups is 1. The number of carboxylic acid groups (broad SMARTS) is 1. The highest BCUT2D eigenvalue weighted by Gasteiger charge is 2.18. The highest BCUT2D eigenvalue weighted by molar-refractivity contribution is 5.98. The van der Waals surface area contributed by atoms with Crippen molar-refractivity contribution in [2.45, 2.75) is 52.6 Å². The van der Waals surface area contributed by atoms with E-state index in [4.69, 9.17) is 15.3 Å². The van der Waals surface area contributed by atoms with E-state index in [0.29, 0.717) is 17.6 Å². The number of amides is 2. The number of rotatable bonds is 9. The molecule has 0 aliphatic rings. The quantitative estimate of drug-likeness (QED) is 0.291. The van der Waals surface area contributed by atoms with Crippen molar-refractivity contribution in [2.75, 3.05) is 0 Å². The van der Waals surface area contributed by atoms with Gasteiger partial charge in [-0.3, -0.25) is 14.8 Å². The van der Waals surface area contributed by atoms with Crippen LogP contribution >= 0.6 is 0 Å². The van der Waals surface area contributed by atoms with Crippen molar-refractivity contribution in [3.8, 4) is 0 Å². The van der Waals surface area contributed by atoms with E-state index in [1.807, 2.05) is 6.92 Å². The summed E-state index contributed by atoms with van der Waals surface area (Å²) in [5, 5.41) is 20.5. The molecule has 2 amide bonds. The number of hydrogen-bond donors (Lipinski definition) is 4. The summed E-state index contributed by atoms with van der Waals surface area (Å²) in [5.74, 6) is -0.972. The lowest BCUT2D eigenvalue weighted by Gasteiger charge is -2.14. The Hall–Kier alpha value is -3.72.